The lowest BCUT2D eigenvalue weighted by atomic mass is 9.81. The number of aromatic nitrogens is 3. The molecular weight excluding hydrogens is 384 g/mol. The van der Waals surface area contributed by atoms with E-state index in [0.29, 0.717) is 11.7 Å². The highest BCUT2D eigenvalue weighted by molar-refractivity contribution is 5.81. The van der Waals surface area contributed by atoms with E-state index >= 15 is 0 Å². The second-order valence-corrected chi connectivity index (χ2v) is 8.50. The largest absolute Gasteiger partial charge is 0.382 e. The van der Waals surface area contributed by atoms with Crippen molar-refractivity contribution < 1.29 is 0 Å². The predicted octanol–water partition coefficient (Wildman–Crippen LogP) is 5.02. The number of benzene rings is 2. The fourth-order valence-corrected chi connectivity index (χ4v) is 4.69. The molecular formula is C25H28N6. The van der Waals surface area contributed by atoms with Gasteiger partial charge in [0.2, 0.25) is 0 Å². The van der Waals surface area contributed by atoms with Gasteiger partial charge in [-0.3, -0.25) is 0 Å². The standard InChI is InChI=1S/C25H28N6/c1-16-4-2-3-5-21(16)17-8-12-20(13-9-17)29-23-22(18-6-10-19(26)11-7-18)24(27)30-31-15-14-28-25(23)31/h2-5,8-9,12-15,18-19,29H,6-7,10-11,26H2,1H3,(H2,27,30). The first-order valence-corrected chi connectivity index (χ1v) is 10.9. The van der Waals surface area contributed by atoms with Crippen LogP contribution in [0.1, 0.15) is 42.7 Å². The van der Waals surface area contributed by atoms with Gasteiger partial charge in [-0.1, -0.05) is 36.4 Å². The summed E-state index contributed by atoms with van der Waals surface area (Å²) < 4.78 is 1.75. The molecule has 0 unspecified atom stereocenters. The lowest BCUT2D eigenvalue weighted by Gasteiger charge is -2.28. The zero-order chi connectivity index (χ0) is 21.4. The molecule has 6 nitrogen and oxygen atoms in total. The minimum absolute atomic E-state index is 0.283. The number of aryl methyl sites for hydroxylation is 1. The molecule has 2 heterocycles. The number of nitrogens with zero attached hydrogens (tertiary/aromatic N) is 3. The fourth-order valence-electron chi connectivity index (χ4n) is 4.69. The van der Waals surface area contributed by atoms with Crippen molar-refractivity contribution in [2.75, 3.05) is 11.1 Å². The van der Waals surface area contributed by atoms with E-state index in [1.165, 1.54) is 16.7 Å². The Hall–Kier alpha value is -3.38. The van der Waals surface area contributed by atoms with Crippen molar-refractivity contribution in [3.8, 4) is 11.1 Å². The Labute approximate surface area is 182 Å². The monoisotopic (exact) mass is 412 g/mol. The highest BCUT2D eigenvalue weighted by Gasteiger charge is 2.27. The van der Waals surface area contributed by atoms with Crippen LogP contribution in [0, 0.1) is 6.92 Å². The Kier molecular flexibility index (Phi) is 5.08. The van der Waals surface area contributed by atoms with Gasteiger partial charge in [-0.05, 0) is 67.3 Å². The van der Waals surface area contributed by atoms with Crippen LogP contribution < -0.4 is 16.8 Å². The van der Waals surface area contributed by atoms with E-state index in [9.17, 15) is 0 Å². The Morgan fingerprint density at radius 1 is 1.00 bits per heavy atom. The zero-order valence-electron chi connectivity index (χ0n) is 17.8. The van der Waals surface area contributed by atoms with Crippen LogP contribution in [-0.2, 0) is 0 Å². The van der Waals surface area contributed by atoms with Crippen LogP contribution in [0.5, 0.6) is 0 Å². The average Bonchev–Trinajstić information content (AvgIpc) is 3.24. The molecule has 1 aliphatic carbocycles. The van der Waals surface area contributed by atoms with Gasteiger partial charge in [-0.2, -0.15) is 0 Å². The van der Waals surface area contributed by atoms with Gasteiger partial charge in [0.1, 0.15) is 5.82 Å². The molecule has 1 saturated carbocycles. The van der Waals surface area contributed by atoms with Gasteiger partial charge in [-0.15, -0.1) is 5.10 Å². The highest BCUT2D eigenvalue weighted by atomic mass is 15.3. The minimum atomic E-state index is 0.283. The summed E-state index contributed by atoms with van der Waals surface area (Å²) in [4.78, 5) is 4.56. The number of nitrogen functional groups attached to an aromatic ring is 1. The van der Waals surface area contributed by atoms with Crippen LogP contribution >= 0.6 is 0 Å². The summed E-state index contributed by atoms with van der Waals surface area (Å²) >= 11 is 0. The van der Waals surface area contributed by atoms with Gasteiger partial charge in [0, 0.05) is 29.7 Å². The number of nitrogens with one attached hydrogen (secondary N) is 1. The van der Waals surface area contributed by atoms with Gasteiger partial charge in [-0.25, -0.2) is 9.50 Å². The Bertz CT molecular complexity index is 1200. The van der Waals surface area contributed by atoms with E-state index in [0.717, 1.165) is 48.3 Å². The maximum atomic E-state index is 6.45. The van der Waals surface area contributed by atoms with Crippen molar-refractivity contribution in [3.05, 3.63) is 72.1 Å². The second kappa shape index (κ2) is 8.04. The van der Waals surface area contributed by atoms with E-state index in [4.69, 9.17) is 11.5 Å². The van der Waals surface area contributed by atoms with Crippen molar-refractivity contribution in [2.24, 2.45) is 5.73 Å². The van der Waals surface area contributed by atoms with Gasteiger partial charge >= 0.3 is 0 Å². The number of nitrogens with two attached hydrogens (primary N) is 2. The summed E-state index contributed by atoms with van der Waals surface area (Å²) in [7, 11) is 0. The molecule has 6 heteroatoms. The first kappa shape index (κ1) is 19.6. The summed E-state index contributed by atoms with van der Waals surface area (Å²) in [6, 6.07) is 17.2. The number of imidazole rings is 1. The van der Waals surface area contributed by atoms with Crippen molar-refractivity contribution in [2.45, 2.75) is 44.6 Å². The number of rotatable bonds is 4. The average molecular weight is 413 g/mol. The molecule has 31 heavy (non-hydrogen) atoms. The van der Waals surface area contributed by atoms with Gasteiger partial charge in [0.15, 0.2) is 5.65 Å². The molecule has 1 fully saturated rings. The third-order valence-corrected chi connectivity index (χ3v) is 6.40. The molecule has 0 bridgehead atoms. The van der Waals surface area contributed by atoms with Crippen molar-refractivity contribution in [3.63, 3.8) is 0 Å². The van der Waals surface area contributed by atoms with E-state index in [1.807, 2.05) is 6.20 Å². The van der Waals surface area contributed by atoms with Crippen molar-refractivity contribution in [1.29, 1.82) is 0 Å². The molecule has 0 radical (unpaired) electrons. The van der Waals surface area contributed by atoms with Crippen molar-refractivity contribution in [1.82, 2.24) is 14.6 Å². The SMILES string of the molecule is Cc1ccccc1-c1ccc(Nc2c(C3CCC(N)CC3)c(N)nn3ccnc23)cc1. The van der Waals surface area contributed by atoms with Gasteiger partial charge in [0.25, 0.3) is 0 Å². The molecule has 5 N–H and O–H groups in total. The van der Waals surface area contributed by atoms with Crippen LogP contribution in [0.3, 0.4) is 0 Å². The summed E-state index contributed by atoms with van der Waals surface area (Å²) in [5, 5.41) is 8.17. The molecule has 2 aromatic carbocycles. The maximum absolute atomic E-state index is 6.45. The summed E-state index contributed by atoms with van der Waals surface area (Å²) in [6.45, 7) is 2.14. The fraction of sp³-hybridized carbons (Fsp3) is 0.280. The lowest BCUT2D eigenvalue weighted by molar-refractivity contribution is 0.396. The Balaban J connectivity index is 1.52. The molecule has 0 atom stereocenters. The maximum Gasteiger partial charge on any atom is 0.177 e. The normalized spacial score (nSPS) is 18.9. The number of fused-ring (bicyclic) bond motifs is 1. The second-order valence-electron chi connectivity index (χ2n) is 8.50. The summed E-state index contributed by atoms with van der Waals surface area (Å²) in [5.74, 6) is 0.896. The first-order valence-electron chi connectivity index (χ1n) is 10.9. The van der Waals surface area contributed by atoms with Crippen molar-refractivity contribution >= 4 is 22.8 Å². The van der Waals surface area contributed by atoms with Crippen LogP contribution in [0.25, 0.3) is 16.8 Å². The Morgan fingerprint density at radius 2 is 1.74 bits per heavy atom. The third kappa shape index (κ3) is 3.75. The number of anilines is 3. The molecule has 158 valence electrons. The molecule has 0 spiro atoms. The van der Waals surface area contributed by atoms with E-state index in [-0.39, 0.29) is 6.04 Å². The first-order chi connectivity index (χ1) is 15.1. The molecule has 4 aromatic rings. The van der Waals surface area contributed by atoms with Gasteiger partial charge < -0.3 is 16.8 Å². The van der Waals surface area contributed by atoms with Crippen LogP contribution in [-0.4, -0.2) is 20.6 Å². The smallest absolute Gasteiger partial charge is 0.177 e. The van der Waals surface area contributed by atoms with Crippen LogP contribution in [0.15, 0.2) is 60.9 Å². The van der Waals surface area contributed by atoms with Gasteiger partial charge in [0.05, 0.1) is 5.69 Å². The minimum Gasteiger partial charge on any atom is -0.382 e. The Morgan fingerprint density at radius 3 is 2.48 bits per heavy atom. The van der Waals surface area contributed by atoms with E-state index in [1.54, 1.807) is 10.7 Å². The number of hydrogen-bond acceptors (Lipinski definition) is 5. The topological polar surface area (TPSA) is 94.3 Å². The van der Waals surface area contributed by atoms with E-state index in [2.05, 4.69) is 70.9 Å². The van der Waals surface area contributed by atoms with Crippen LogP contribution in [0.4, 0.5) is 17.2 Å². The summed E-state index contributed by atoms with van der Waals surface area (Å²) in [6.07, 6.45) is 7.64. The molecule has 1 aliphatic rings. The van der Waals surface area contributed by atoms with E-state index < -0.39 is 0 Å². The lowest BCUT2D eigenvalue weighted by Crippen LogP contribution is -2.26. The predicted molar refractivity (Wildman–Crippen MR) is 126 cm³/mol. The summed E-state index contributed by atoms with van der Waals surface area (Å²) in [5.41, 5.74) is 20.1. The zero-order valence-corrected chi connectivity index (χ0v) is 17.8. The number of hydrogen-bond donors (Lipinski definition) is 3. The molecule has 5 rings (SSSR count). The highest BCUT2D eigenvalue weighted by Crippen LogP contribution is 2.41. The molecule has 0 amide bonds. The molecule has 2 aromatic heterocycles. The molecule has 0 aliphatic heterocycles. The quantitative estimate of drug-likeness (QED) is 0.438. The molecule has 0 saturated heterocycles. The van der Waals surface area contributed by atoms with Crippen LogP contribution in [0.2, 0.25) is 0 Å². The third-order valence-electron chi connectivity index (χ3n) is 6.40.